The van der Waals surface area contributed by atoms with Crippen molar-refractivity contribution in [2.24, 2.45) is 0 Å². The van der Waals surface area contributed by atoms with E-state index in [1.165, 1.54) is 0 Å². The number of hydrogen-bond acceptors (Lipinski definition) is 5. The zero-order valence-electron chi connectivity index (χ0n) is 19.2. The topological polar surface area (TPSA) is 71.3 Å². The molecule has 174 valence electrons. The van der Waals surface area contributed by atoms with Gasteiger partial charge in [0.2, 0.25) is 5.78 Å². The van der Waals surface area contributed by atoms with Crippen molar-refractivity contribution in [1.29, 1.82) is 0 Å². The molecule has 1 fully saturated rings. The van der Waals surface area contributed by atoms with Crippen molar-refractivity contribution in [2.75, 3.05) is 38.2 Å². The number of ketones is 2. The third-order valence-corrected chi connectivity index (χ3v) is 6.92. The van der Waals surface area contributed by atoms with Crippen LogP contribution in [-0.2, 0) is 0 Å². The molecule has 3 heterocycles. The van der Waals surface area contributed by atoms with E-state index in [0.717, 1.165) is 11.4 Å². The summed E-state index contributed by atoms with van der Waals surface area (Å²) in [5.74, 6) is 0.0671. The van der Waals surface area contributed by atoms with Crippen molar-refractivity contribution < 1.29 is 19.1 Å². The summed E-state index contributed by atoms with van der Waals surface area (Å²) in [5, 5.41) is 0. The monoisotopic (exact) mass is 465 g/mol. The van der Waals surface area contributed by atoms with E-state index in [2.05, 4.69) is 4.90 Å². The summed E-state index contributed by atoms with van der Waals surface area (Å²) in [5.41, 5.74) is 3.16. The average molecular weight is 466 g/mol. The summed E-state index contributed by atoms with van der Waals surface area (Å²) < 4.78 is 6.93. The van der Waals surface area contributed by atoms with Gasteiger partial charge in [-0.1, -0.05) is 30.3 Å². The highest BCUT2D eigenvalue weighted by molar-refractivity contribution is 6.32. The highest BCUT2D eigenvalue weighted by Crippen LogP contribution is 2.34. The van der Waals surface area contributed by atoms with Crippen LogP contribution in [0.1, 0.15) is 42.3 Å². The highest BCUT2D eigenvalue weighted by Gasteiger charge is 2.39. The molecule has 0 unspecified atom stereocenters. The SMILES string of the molecule is COc1ccc(N2CCN(C(=O)c3c4c(n5ccccc35)C(=O)c3ccccc3C4=O)CC2)cc1. The molecule has 2 aromatic carbocycles. The number of amides is 1. The van der Waals surface area contributed by atoms with E-state index < -0.39 is 0 Å². The maximum Gasteiger partial charge on any atom is 0.256 e. The lowest BCUT2D eigenvalue weighted by Gasteiger charge is -2.36. The van der Waals surface area contributed by atoms with Gasteiger partial charge in [0.1, 0.15) is 11.4 Å². The van der Waals surface area contributed by atoms with Crippen molar-refractivity contribution in [3.05, 3.63) is 101 Å². The second-order valence-electron chi connectivity index (χ2n) is 8.74. The molecule has 0 N–H and O–H groups in total. The molecule has 2 aromatic heterocycles. The Kier molecular flexibility index (Phi) is 4.91. The van der Waals surface area contributed by atoms with Crippen LogP contribution >= 0.6 is 0 Å². The van der Waals surface area contributed by atoms with Gasteiger partial charge in [-0.15, -0.1) is 0 Å². The molecule has 6 rings (SSSR count). The molecule has 7 heteroatoms. The van der Waals surface area contributed by atoms with E-state index >= 15 is 0 Å². The number of rotatable bonds is 3. The molecule has 2 aliphatic rings. The van der Waals surface area contributed by atoms with Crippen LogP contribution in [0.4, 0.5) is 5.69 Å². The minimum atomic E-state index is -0.279. The van der Waals surface area contributed by atoms with Crippen LogP contribution in [0, 0.1) is 0 Å². The van der Waals surface area contributed by atoms with Crippen LogP contribution in [0.3, 0.4) is 0 Å². The lowest BCUT2D eigenvalue weighted by atomic mass is 9.86. The van der Waals surface area contributed by atoms with Gasteiger partial charge >= 0.3 is 0 Å². The fraction of sp³-hybridized carbons (Fsp3) is 0.179. The Bertz CT molecular complexity index is 1490. The second-order valence-corrected chi connectivity index (χ2v) is 8.74. The molecule has 0 spiro atoms. The minimum Gasteiger partial charge on any atom is -0.497 e. The number of nitrogens with zero attached hydrogens (tertiary/aromatic N) is 3. The number of pyridine rings is 1. The molecule has 1 saturated heterocycles. The molecule has 1 aliphatic carbocycles. The summed E-state index contributed by atoms with van der Waals surface area (Å²) in [6.45, 7) is 2.37. The van der Waals surface area contributed by atoms with Gasteiger partial charge in [-0.05, 0) is 36.4 Å². The minimum absolute atomic E-state index is 0.211. The fourth-order valence-electron chi connectivity index (χ4n) is 5.13. The van der Waals surface area contributed by atoms with Gasteiger partial charge in [-0.2, -0.15) is 0 Å². The number of hydrogen-bond donors (Lipinski definition) is 0. The van der Waals surface area contributed by atoms with Crippen LogP contribution in [0.25, 0.3) is 5.52 Å². The second kappa shape index (κ2) is 8.13. The first-order chi connectivity index (χ1) is 17.1. The van der Waals surface area contributed by atoms with Gasteiger partial charge in [0.05, 0.1) is 23.8 Å². The molecule has 35 heavy (non-hydrogen) atoms. The maximum atomic E-state index is 13.9. The first kappa shape index (κ1) is 21.2. The van der Waals surface area contributed by atoms with Crippen LogP contribution in [0.5, 0.6) is 5.75 Å². The Hall–Kier alpha value is -4.39. The van der Waals surface area contributed by atoms with Crippen LogP contribution in [0.2, 0.25) is 0 Å². The van der Waals surface area contributed by atoms with Gasteiger partial charge in [0.15, 0.2) is 5.78 Å². The van der Waals surface area contributed by atoms with Gasteiger partial charge in [0, 0.05) is 49.2 Å². The fourth-order valence-corrected chi connectivity index (χ4v) is 5.13. The van der Waals surface area contributed by atoms with Crippen LogP contribution in [-0.4, -0.2) is 60.1 Å². The van der Waals surface area contributed by atoms with E-state index in [1.807, 2.05) is 30.3 Å². The van der Waals surface area contributed by atoms with Gasteiger partial charge in [0.25, 0.3) is 5.91 Å². The number of benzene rings is 2. The molecular formula is C28H23N3O4. The number of piperazine rings is 1. The van der Waals surface area contributed by atoms with Crippen LogP contribution in [0.15, 0.2) is 72.9 Å². The van der Waals surface area contributed by atoms with E-state index in [0.29, 0.717) is 48.4 Å². The predicted octanol–water partition coefficient (Wildman–Crippen LogP) is 3.69. The van der Waals surface area contributed by atoms with Gasteiger partial charge < -0.3 is 18.9 Å². The molecule has 4 aromatic rings. The normalized spacial score (nSPS) is 15.2. The zero-order valence-corrected chi connectivity index (χ0v) is 19.2. The first-order valence-corrected chi connectivity index (χ1v) is 11.6. The Balaban J connectivity index is 1.35. The zero-order chi connectivity index (χ0) is 24.1. The summed E-state index contributed by atoms with van der Waals surface area (Å²) in [6, 6.07) is 20.1. The lowest BCUT2D eigenvalue weighted by Crippen LogP contribution is -2.49. The molecule has 7 nitrogen and oxygen atoms in total. The lowest BCUT2D eigenvalue weighted by molar-refractivity contribution is 0.0745. The highest BCUT2D eigenvalue weighted by atomic mass is 16.5. The molecule has 0 radical (unpaired) electrons. The maximum absolute atomic E-state index is 13.9. The number of ether oxygens (including phenoxy) is 1. The molecular weight excluding hydrogens is 442 g/mol. The summed E-state index contributed by atoms with van der Waals surface area (Å²) in [4.78, 5) is 44.8. The van der Waals surface area contributed by atoms with E-state index in [1.54, 1.807) is 59.0 Å². The molecule has 0 saturated carbocycles. The standard InChI is InChI=1S/C28H23N3O4/c1-35-19-11-9-18(10-12-19)29-14-16-30(17-15-29)28(34)23-22-8-4-5-13-31(22)25-24(23)26(32)20-6-2-3-7-21(20)27(25)33/h2-13H,14-17H2,1H3. The molecule has 0 atom stereocenters. The molecule has 1 amide bonds. The summed E-state index contributed by atoms with van der Waals surface area (Å²) in [6.07, 6.45) is 1.74. The number of anilines is 1. The Labute approximate surface area is 202 Å². The number of carbonyl (C=O) groups excluding carboxylic acids is 3. The Morgan fingerprint density at radius 2 is 1.46 bits per heavy atom. The van der Waals surface area contributed by atoms with Crippen molar-refractivity contribution in [3.63, 3.8) is 0 Å². The quantitative estimate of drug-likeness (QED) is 0.407. The number of aromatic nitrogens is 1. The summed E-state index contributed by atoms with van der Waals surface area (Å²) >= 11 is 0. The van der Waals surface area contributed by atoms with Gasteiger partial charge in [-0.3, -0.25) is 14.4 Å². The third-order valence-electron chi connectivity index (χ3n) is 6.92. The number of methoxy groups -OCH3 is 1. The van der Waals surface area contributed by atoms with Crippen molar-refractivity contribution in [3.8, 4) is 5.75 Å². The molecule has 1 aliphatic heterocycles. The van der Waals surface area contributed by atoms with E-state index in [4.69, 9.17) is 4.74 Å². The molecule has 0 bridgehead atoms. The smallest absolute Gasteiger partial charge is 0.256 e. The Morgan fingerprint density at radius 1 is 0.800 bits per heavy atom. The van der Waals surface area contributed by atoms with Gasteiger partial charge in [-0.25, -0.2) is 0 Å². The number of carbonyl (C=O) groups is 3. The number of fused-ring (bicyclic) bond motifs is 4. The van der Waals surface area contributed by atoms with Crippen molar-refractivity contribution in [2.45, 2.75) is 0 Å². The van der Waals surface area contributed by atoms with Crippen molar-refractivity contribution in [1.82, 2.24) is 9.30 Å². The van der Waals surface area contributed by atoms with E-state index in [9.17, 15) is 14.4 Å². The largest absolute Gasteiger partial charge is 0.497 e. The van der Waals surface area contributed by atoms with E-state index in [-0.39, 0.29) is 28.7 Å². The predicted molar refractivity (Wildman–Crippen MR) is 132 cm³/mol. The first-order valence-electron chi connectivity index (χ1n) is 11.6. The third kappa shape index (κ3) is 3.23. The van der Waals surface area contributed by atoms with Crippen molar-refractivity contribution >= 4 is 28.7 Å². The van der Waals surface area contributed by atoms with Crippen LogP contribution < -0.4 is 9.64 Å². The summed E-state index contributed by atoms with van der Waals surface area (Å²) in [7, 11) is 1.64. The average Bonchev–Trinajstić information content (AvgIpc) is 3.27. The Morgan fingerprint density at radius 3 is 2.14 bits per heavy atom.